The summed E-state index contributed by atoms with van der Waals surface area (Å²) in [5.41, 5.74) is 0.0839. The third-order valence-corrected chi connectivity index (χ3v) is 3.00. The van der Waals surface area contributed by atoms with Crippen LogP contribution in [0.25, 0.3) is 0 Å². The van der Waals surface area contributed by atoms with E-state index in [2.05, 4.69) is 15.6 Å². The molecule has 8 heteroatoms. The largest absolute Gasteiger partial charge is 0.480 e. The molecule has 7 nitrogen and oxygen atoms in total. The van der Waals surface area contributed by atoms with Gasteiger partial charge in [-0.25, -0.2) is 9.78 Å². The van der Waals surface area contributed by atoms with Crippen LogP contribution in [0.4, 0.5) is 5.13 Å². The molecule has 0 aliphatic rings. The van der Waals surface area contributed by atoms with Crippen molar-refractivity contribution in [1.82, 2.24) is 10.3 Å². The van der Waals surface area contributed by atoms with Crippen LogP contribution in [0.1, 0.15) is 31.3 Å². The number of nitrogens with one attached hydrogen (secondary N) is 2. The fourth-order valence-electron chi connectivity index (χ4n) is 1.31. The molecule has 3 N–H and O–H groups in total. The molecule has 0 saturated carbocycles. The number of nitrogens with zero attached hydrogens (tertiary/aromatic N) is 1. The van der Waals surface area contributed by atoms with E-state index in [1.807, 2.05) is 0 Å². The van der Waals surface area contributed by atoms with Crippen molar-refractivity contribution in [3.8, 4) is 0 Å². The van der Waals surface area contributed by atoms with Gasteiger partial charge < -0.3 is 15.7 Å². The zero-order chi connectivity index (χ0) is 14.6. The SMILES string of the molecule is CC(=O)Nc1nc(C(=O)N[C@H](C(=O)O)C(C)C)cs1. The zero-order valence-electron chi connectivity index (χ0n) is 10.8. The molecule has 1 aromatic heterocycles. The van der Waals surface area contributed by atoms with Gasteiger partial charge in [-0.05, 0) is 5.92 Å². The van der Waals surface area contributed by atoms with E-state index in [0.29, 0.717) is 5.13 Å². The summed E-state index contributed by atoms with van der Waals surface area (Å²) in [6.07, 6.45) is 0. The van der Waals surface area contributed by atoms with Crippen LogP contribution in [-0.2, 0) is 9.59 Å². The minimum absolute atomic E-state index is 0.0839. The average molecular weight is 285 g/mol. The minimum atomic E-state index is -1.10. The quantitative estimate of drug-likeness (QED) is 0.746. The highest BCUT2D eigenvalue weighted by Gasteiger charge is 2.24. The van der Waals surface area contributed by atoms with Crippen LogP contribution in [0.3, 0.4) is 0 Å². The van der Waals surface area contributed by atoms with Crippen molar-refractivity contribution in [3.63, 3.8) is 0 Å². The fourth-order valence-corrected chi connectivity index (χ4v) is 2.05. The maximum Gasteiger partial charge on any atom is 0.326 e. The monoisotopic (exact) mass is 285 g/mol. The Hall–Kier alpha value is -1.96. The Bertz CT molecular complexity index is 498. The summed E-state index contributed by atoms with van der Waals surface area (Å²) in [6.45, 7) is 4.73. The maximum atomic E-state index is 11.8. The van der Waals surface area contributed by atoms with Crippen molar-refractivity contribution in [2.45, 2.75) is 26.8 Å². The fraction of sp³-hybridized carbons (Fsp3) is 0.455. The number of anilines is 1. The molecule has 0 fully saturated rings. The Labute approximate surface area is 114 Å². The minimum Gasteiger partial charge on any atom is -0.480 e. The van der Waals surface area contributed by atoms with Crippen LogP contribution in [0.15, 0.2) is 5.38 Å². The predicted molar refractivity (Wildman–Crippen MR) is 70.1 cm³/mol. The predicted octanol–water partition coefficient (Wildman–Crippen LogP) is 0.940. The Balaban J connectivity index is 2.75. The van der Waals surface area contributed by atoms with Crippen LogP contribution in [-0.4, -0.2) is 33.9 Å². The smallest absolute Gasteiger partial charge is 0.326 e. The van der Waals surface area contributed by atoms with Gasteiger partial charge in [-0.3, -0.25) is 9.59 Å². The number of rotatable bonds is 5. The molecule has 19 heavy (non-hydrogen) atoms. The maximum absolute atomic E-state index is 11.8. The Kier molecular flexibility index (Phi) is 4.99. The first-order valence-electron chi connectivity index (χ1n) is 5.58. The van der Waals surface area contributed by atoms with Crippen LogP contribution >= 0.6 is 11.3 Å². The highest BCUT2D eigenvalue weighted by molar-refractivity contribution is 7.14. The Morgan fingerprint density at radius 1 is 1.37 bits per heavy atom. The molecule has 0 bridgehead atoms. The highest BCUT2D eigenvalue weighted by atomic mass is 32.1. The molecule has 1 heterocycles. The lowest BCUT2D eigenvalue weighted by Gasteiger charge is -2.16. The van der Waals surface area contributed by atoms with Gasteiger partial charge in [-0.1, -0.05) is 13.8 Å². The highest BCUT2D eigenvalue weighted by Crippen LogP contribution is 2.15. The second-order valence-corrected chi connectivity index (χ2v) is 5.11. The number of carbonyl (C=O) groups is 3. The molecule has 0 unspecified atom stereocenters. The van der Waals surface area contributed by atoms with E-state index in [4.69, 9.17) is 5.11 Å². The molecule has 1 aromatic rings. The van der Waals surface area contributed by atoms with Crippen LogP contribution in [0.5, 0.6) is 0 Å². The number of hydrogen-bond acceptors (Lipinski definition) is 5. The molecular weight excluding hydrogens is 270 g/mol. The van der Waals surface area contributed by atoms with Gasteiger partial charge in [0.2, 0.25) is 5.91 Å². The number of hydrogen-bond donors (Lipinski definition) is 3. The van der Waals surface area contributed by atoms with E-state index in [-0.39, 0.29) is 17.5 Å². The van der Waals surface area contributed by atoms with Crippen LogP contribution < -0.4 is 10.6 Å². The van der Waals surface area contributed by atoms with Gasteiger partial charge in [-0.15, -0.1) is 11.3 Å². The number of carboxylic acid groups (broad SMARTS) is 1. The first kappa shape index (κ1) is 15.1. The van der Waals surface area contributed by atoms with Crippen molar-refractivity contribution in [1.29, 1.82) is 0 Å². The molecule has 0 aromatic carbocycles. The zero-order valence-corrected chi connectivity index (χ0v) is 11.6. The number of aromatic nitrogens is 1. The molecule has 1 atom stereocenters. The number of carboxylic acids is 1. The third kappa shape index (κ3) is 4.32. The number of carbonyl (C=O) groups excluding carboxylic acids is 2. The molecule has 0 spiro atoms. The summed E-state index contributed by atoms with van der Waals surface area (Å²) in [7, 11) is 0. The van der Waals surface area contributed by atoms with Gasteiger partial charge in [-0.2, -0.15) is 0 Å². The lowest BCUT2D eigenvalue weighted by molar-refractivity contribution is -0.140. The lowest BCUT2D eigenvalue weighted by Crippen LogP contribution is -2.44. The topological polar surface area (TPSA) is 108 Å². The van der Waals surface area contributed by atoms with Gasteiger partial charge in [0.05, 0.1) is 0 Å². The van der Waals surface area contributed by atoms with Gasteiger partial charge >= 0.3 is 5.97 Å². The summed E-state index contributed by atoms with van der Waals surface area (Å²) >= 11 is 1.10. The van der Waals surface area contributed by atoms with Crippen molar-refractivity contribution in [3.05, 3.63) is 11.1 Å². The summed E-state index contributed by atoms with van der Waals surface area (Å²) < 4.78 is 0. The van der Waals surface area contributed by atoms with Gasteiger partial charge in [0.1, 0.15) is 11.7 Å². The first-order chi connectivity index (χ1) is 8.81. The number of aliphatic carboxylic acids is 1. The standard InChI is InChI=1S/C11H15N3O4S/c1-5(2)8(10(17)18)14-9(16)7-4-19-11(13-7)12-6(3)15/h4-5,8H,1-3H3,(H,14,16)(H,17,18)(H,12,13,15)/t8-/m0/s1. The van der Waals surface area contributed by atoms with E-state index in [0.717, 1.165) is 11.3 Å². The molecule has 0 aliphatic carbocycles. The van der Waals surface area contributed by atoms with Gasteiger partial charge in [0.25, 0.3) is 5.91 Å². The molecule has 0 saturated heterocycles. The van der Waals surface area contributed by atoms with Crippen molar-refractivity contribution < 1.29 is 19.5 Å². The van der Waals surface area contributed by atoms with E-state index in [1.54, 1.807) is 13.8 Å². The summed E-state index contributed by atoms with van der Waals surface area (Å²) in [4.78, 5) is 37.5. The molecule has 1 rings (SSSR count). The van der Waals surface area contributed by atoms with Crippen LogP contribution in [0, 0.1) is 5.92 Å². The van der Waals surface area contributed by atoms with E-state index < -0.39 is 17.9 Å². The molecule has 2 amide bonds. The summed E-state index contributed by atoms with van der Waals surface area (Å²) in [5.74, 6) is -2.20. The molecule has 0 aliphatic heterocycles. The van der Waals surface area contributed by atoms with Crippen LogP contribution in [0.2, 0.25) is 0 Å². The normalized spacial score (nSPS) is 12.0. The van der Waals surface area contributed by atoms with E-state index >= 15 is 0 Å². The Morgan fingerprint density at radius 2 is 2.00 bits per heavy atom. The van der Waals surface area contributed by atoms with Crippen molar-refractivity contribution in [2.75, 3.05) is 5.32 Å². The summed E-state index contributed by atoms with van der Waals surface area (Å²) in [6, 6.07) is -0.974. The third-order valence-electron chi connectivity index (χ3n) is 2.24. The molecular formula is C11H15N3O4S. The second-order valence-electron chi connectivity index (χ2n) is 4.25. The summed E-state index contributed by atoms with van der Waals surface area (Å²) in [5, 5.41) is 15.6. The number of amides is 2. The lowest BCUT2D eigenvalue weighted by atomic mass is 10.0. The van der Waals surface area contributed by atoms with E-state index in [1.165, 1.54) is 12.3 Å². The van der Waals surface area contributed by atoms with Crippen molar-refractivity contribution >= 4 is 34.3 Å². The van der Waals surface area contributed by atoms with Crippen molar-refractivity contribution in [2.24, 2.45) is 5.92 Å². The molecule has 0 radical (unpaired) electrons. The molecule has 104 valence electrons. The first-order valence-corrected chi connectivity index (χ1v) is 6.46. The van der Waals surface area contributed by atoms with Gasteiger partial charge in [0, 0.05) is 12.3 Å². The van der Waals surface area contributed by atoms with Gasteiger partial charge in [0.15, 0.2) is 5.13 Å². The second kappa shape index (κ2) is 6.28. The van der Waals surface area contributed by atoms with E-state index in [9.17, 15) is 14.4 Å². The number of thiazole rings is 1. The Morgan fingerprint density at radius 3 is 2.47 bits per heavy atom. The average Bonchev–Trinajstić information content (AvgIpc) is 2.72.